The average molecular weight is 1060 g/mol. The zero-order valence-corrected chi connectivity index (χ0v) is 44.9. The first-order chi connectivity index (χ1) is 36.1. The second-order valence-corrected chi connectivity index (χ2v) is 20.2. The van der Waals surface area contributed by atoms with Gasteiger partial charge in [-0.05, 0) is 96.9 Å². The van der Waals surface area contributed by atoms with E-state index in [4.69, 9.17) is 30.8 Å². The highest BCUT2D eigenvalue weighted by Gasteiger charge is 2.39. The summed E-state index contributed by atoms with van der Waals surface area (Å²) in [7, 11) is 1.35. The van der Waals surface area contributed by atoms with Gasteiger partial charge in [-0.15, -0.1) is 12.4 Å². The number of likely N-dealkylation sites (tertiary alicyclic amines) is 2. The summed E-state index contributed by atoms with van der Waals surface area (Å²) in [4.78, 5) is 68.7. The number of hydrogen-bond acceptors (Lipinski definition) is 13. The van der Waals surface area contributed by atoms with Crippen molar-refractivity contribution in [1.29, 1.82) is 0 Å². The Morgan fingerprint density at radius 3 is 1.21 bits per heavy atom. The summed E-state index contributed by atoms with van der Waals surface area (Å²) in [5, 5.41) is 8.97. The highest BCUT2D eigenvalue weighted by Crippen LogP contribution is 2.27. The van der Waals surface area contributed by atoms with Crippen molar-refractivity contribution in [3.05, 3.63) is 133 Å². The zero-order chi connectivity index (χ0) is 53.4. The summed E-state index contributed by atoms with van der Waals surface area (Å²) in [6, 6.07) is 30.0. The molecule has 2 saturated heterocycles. The molecule has 2 aliphatic rings. The molecule has 0 saturated carbocycles. The van der Waals surface area contributed by atoms with Crippen LogP contribution in [0.5, 0.6) is 11.5 Å². The highest BCUT2D eigenvalue weighted by molar-refractivity contribution is 5.86. The van der Waals surface area contributed by atoms with Crippen molar-refractivity contribution >= 4 is 36.2 Å². The van der Waals surface area contributed by atoms with Crippen LogP contribution >= 0.6 is 12.4 Å². The van der Waals surface area contributed by atoms with E-state index in [0.29, 0.717) is 49.4 Å². The molecule has 2 aromatic heterocycles. The number of benzene rings is 4. The minimum atomic E-state index is -0.876. The number of esters is 1. The molecule has 0 spiro atoms. The van der Waals surface area contributed by atoms with Gasteiger partial charge in [0.15, 0.2) is 11.6 Å². The maximum Gasteiger partial charge on any atom is 0.312 e. The summed E-state index contributed by atoms with van der Waals surface area (Å²) >= 11 is 0. The second-order valence-electron chi connectivity index (χ2n) is 20.2. The third-order valence-corrected chi connectivity index (χ3v) is 13.3. The van der Waals surface area contributed by atoms with Gasteiger partial charge in [0.1, 0.15) is 11.5 Å². The predicted molar refractivity (Wildman–Crippen MR) is 295 cm³/mol. The van der Waals surface area contributed by atoms with Crippen LogP contribution in [-0.2, 0) is 36.8 Å². The Bertz CT molecular complexity index is 2790. The highest BCUT2D eigenvalue weighted by atomic mass is 35.5. The van der Waals surface area contributed by atoms with Crippen LogP contribution in [0.2, 0.25) is 0 Å². The summed E-state index contributed by atoms with van der Waals surface area (Å²) in [6.45, 7) is 11.5. The van der Waals surface area contributed by atoms with Gasteiger partial charge in [-0.2, -0.15) is 0 Å². The molecule has 6 aromatic rings. The Morgan fingerprint density at radius 1 is 0.539 bits per heavy atom. The molecule has 402 valence electrons. The maximum absolute atomic E-state index is 12.5. The van der Waals surface area contributed by atoms with Crippen molar-refractivity contribution in [3.8, 4) is 56.5 Å². The van der Waals surface area contributed by atoms with E-state index < -0.39 is 24.0 Å². The third kappa shape index (κ3) is 16.4. The quantitative estimate of drug-likeness (QED) is 0.0428. The number of nitrogens with zero attached hydrogens (tertiary/aromatic N) is 6. The predicted octanol–water partition coefficient (Wildman–Crippen LogP) is 8.59. The fraction of sp³-hybridized carbons (Fsp3) is 0.390. The van der Waals surface area contributed by atoms with Crippen molar-refractivity contribution < 1.29 is 38.5 Å². The van der Waals surface area contributed by atoms with Crippen molar-refractivity contribution in [2.75, 3.05) is 46.5 Å². The first kappa shape index (κ1) is 58.0. The van der Waals surface area contributed by atoms with Crippen molar-refractivity contribution in [2.45, 2.75) is 78.3 Å². The average Bonchev–Trinajstić information content (AvgIpc) is 3.38. The van der Waals surface area contributed by atoms with Gasteiger partial charge in [0.05, 0.1) is 44.2 Å². The lowest BCUT2D eigenvalue weighted by Crippen LogP contribution is -2.57. The topological polar surface area (TPSA) is 226 Å². The van der Waals surface area contributed by atoms with Gasteiger partial charge in [0.25, 0.3) is 0 Å². The number of carboxylic acids is 1. The smallest absolute Gasteiger partial charge is 0.312 e. The fourth-order valence-corrected chi connectivity index (χ4v) is 8.62. The van der Waals surface area contributed by atoms with E-state index in [9.17, 15) is 19.2 Å². The molecule has 76 heavy (non-hydrogen) atoms. The van der Waals surface area contributed by atoms with Gasteiger partial charge in [-0.1, -0.05) is 100 Å². The number of nitrogens with two attached hydrogens (primary N) is 2. The molecule has 17 heteroatoms. The minimum Gasteiger partial charge on any atom is -0.494 e. The van der Waals surface area contributed by atoms with Gasteiger partial charge in [0.2, 0.25) is 11.8 Å². The molecular formula is C59H71ClN8O8. The van der Waals surface area contributed by atoms with Crippen molar-refractivity contribution in [3.63, 3.8) is 0 Å². The molecule has 4 aromatic carbocycles. The molecule has 2 aliphatic heterocycles. The van der Waals surface area contributed by atoms with Crippen LogP contribution in [0.3, 0.4) is 0 Å². The Kier molecular flexibility index (Phi) is 21.4. The number of carboxylic acid groups (broad SMARTS) is 1. The number of aromatic nitrogens is 4. The molecule has 0 bridgehead atoms. The van der Waals surface area contributed by atoms with Crippen LogP contribution in [0.4, 0.5) is 0 Å². The Balaban J connectivity index is 0.000000244. The first-order valence-electron chi connectivity index (χ1n) is 25.8. The van der Waals surface area contributed by atoms with E-state index in [1.165, 1.54) is 12.0 Å². The molecule has 0 radical (unpaired) electrons. The summed E-state index contributed by atoms with van der Waals surface area (Å²) < 4.78 is 16.4. The zero-order valence-electron chi connectivity index (χ0n) is 44.0. The lowest BCUT2D eigenvalue weighted by Gasteiger charge is -2.38. The Hall–Kier alpha value is -7.27. The summed E-state index contributed by atoms with van der Waals surface area (Å²) in [6.07, 6.45) is 12.5. The number of halogens is 1. The minimum absolute atomic E-state index is 0. The van der Waals surface area contributed by atoms with E-state index >= 15 is 0 Å². The van der Waals surface area contributed by atoms with Gasteiger partial charge in [-0.3, -0.25) is 19.2 Å². The van der Waals surface area contributed by atoms with Crippen LogP contribution < -0.4 is 20.9 Å². The largest absolute Gasteiger partial charge is 0.494 e. The molecule has 2 amide bonds. The van der Waals surface area contributed by atoms with Crippen LogP contribution in [0, 0.1) is 23.7 Å². The van der Waals surface area contributed by atoms with E-state index in [0.717, 1.165) is 94.9 Å². The SMILES string of the molecule is CC(C)CCCOc1ccc(-c2cnc(-c3ccc(C[C@H](N)C(=O)N4CC(C(=O)O)C4)cc3)nc2)cc1.COC(=O)C1CN(C(=O)[C@@H](N)Cc2ccc(-c3ncc(-c4ccc(OCCCC(C)C)cc4)cn3)cc2)C1.Cl. The van der Waals surface area contributed by atoms with Gasteiger partial charge < -0.3 is 40.6 Å². The maximum atomic E-state index is 12.5. The molecule has 2 atom stereocenters. The van der Waals surface area contributed by atoms with Crippen molar-refractivity contribution in [2.24, 2.45) is 35.1 Å². The Morgan fingerprint density at radius 2 is 0.882 bits per heavy atom. The van der Waals surface area contributed by atoms with Crippen LogP contribution in [-0.4, -0.2) is 117 Å². The number of carbonyl (C=O) groups excluding carboxylic acids is 3. The van der Waals surface area contributed by atoms with Gasteiger partial charge in [0, 0.05) is 73.2 Å². The number of amides is 2. The number of aliphatic carboxylic acids is 1. The van der Waals surface area contributed by atoms with E-state index in [1.807, 2.05) is 109 Å². The number of hydrogen-bond donors (Lipinski definition) is 3. The number of methoxy groups -OCH3 is 1. The molecule has 2 fully saturated rings. The molecule has 8 rings (SSSR count). The number of ether oxygens (including phenoxy) is 3. The lowest BCUT2D eigenvalue weighted by atomic mass is 9.97. The van der Waals surface area contributed by atoms with Crippen LogP contribution in [0.15, 0.2) is 122 Å². The molecule has 0 unspecified atom stereocenters. The van der Waals surface area contributed by atoms with Gasteiger partial charge >= 0.3 is 11.9 Å². The second kappa shape index (κ2) is 28.0. The lowest BCUT2D eigenvalue weighted by molar-refractivity contribution is -0.156. The van der Waals surface area contributed by atoms with E-state index in [1.54, 1.807) is 17.3 Å². The monoisotopic (exact) mass is 1050 g/mol. The summed E-state index contributed by atoms with van der Waals surface area (Å²) in [5.41, 5.74) is 19.7. The molecular weight excluding hydrogens is 984 g/mol. The van der Waals surface area contributed by atoms with E-state index in [2.05, 4.69) is 47.6 Å². The van der Waals surface area contributed by atoms with Crippen LogP contribution in [0.25, 0.3) is 45.0 Å². The third-order valence-electron chi connectivity index (χ3n) is 13.3. The van der Waals surface area contributed by atoms with Crippen molar-refractivity contribution in [1.82, 2.24) is 29.7 Å². The first-order valence-corrected chi connectivity index (χ1v) is 25.8. The van der Waals surface area contributed by atoms with Crippen LogP contribution in [0.1, 0.15) is 64.5 Å². The Labute approximate surface area is 452 Å². The standard InChI is InChI=1S/C30H36N4O4.C29H34N4O4.ClH/c1-20(2)5-4-14-38-26-12-10-22(11-13-26)24-16-32-28(33-17-24)23-8-6-21(7-9-23)15-27(31)29(35)34-18-25(19-34)30(36)37-3;1-19(2)4-3-13-37-25-11-9-21(10-12-25)23-15-31-27(32-16-23)22-7-5-20(6-8-22)14-26(30)28(34)33-17-24(18-33)29(35)36;/h6-13,16-17,20,25,27H,4-5,14-15,18-19,31H2,1-3H3;5-12,15-16,19,24,26H,3-4,13-14,17-18,30H2,1-2H3,(H,35,36);1H/t27-;26-;/m00./s1. The summed E-state index contributed by atoms with van der Waals surface area (Å²) in [5.74, 6) is 2.07. The normalized spacial score (nSPS) is 14.1. The van der Waals surface area contributed by atoms with Gasteiger partial charge in [-0.25, -0.2) is 19.9 Å². The molecule has 16 nitrogen and oxygen atoms in total. The molecule has 4 heterocycles. The molecule has 5 N–H and O–H groups in total. The fourth-order valence-electron chi connectivity index (χ4n) is 8.62. The number of carbonyl (C=O) groups is 4. The molecule has 0 aliphatic carbocycles. The van der Waals surface area contributed by atoms with E-state index in [-0.39, 0.29) is 49.2 Å². The number of rotatable bonds is 22.